The van der Waals surface area contributed by atoms with Gasteiger partial charge in [-0.25, -0.2) is 4.39 Å². The number of hydrogen-bond donors (Lipinski definition) is 1. The highest BCUT2D eigenvalue weighted by Gasteiger charge is 2.08. The summed E-state index contributed by atoms with van der Waals surface area (Å²) in [5.41, 5.74) is 6.48. The Kier molecular flexibility index (Phi) is 2.43. The molecule has 2 nitrogen and oxygen atoms in total. The fraction of sp³-hybridized carbons (Fsp3) is 0.222. The third-order valence-electron chi connectivity index (χ3n) is 1.81. The third kappa shape index (κ3) is 1.44. The van der Waals surface area contributed by atoms with Gasteiger partial charge in [-0.1, -0.05) is 12.1 Å². The number of rotatable bonds is 2. The average Bonchev–Trinajstić information content (AvgIpc) is 2.03. The summed E-state index contributed by atoms with van der Waals surface area (Å²) in [6, 6.07) is 4.97. The zero-order chi connectivity index (χ0) is 9.14. The predicted molar refractivity (Wildman–Crippen MR) is 44.5 cm³/mol. The van der Waals surface area contributed by atoms with E-state index in [0.29, 0.717) is 5.56 Å². The highest BCUT2D eigenvalue weighted by molar-refractivity contribution is 5.94. The second-order valence-corrected chi connectivity index (χ2v) is 2.60. The molecule has 1 aromatic carbocycles. The monoisotopic (exact) mass is 167 g/mol. The lowest BCUT2D eigenvalue weighted by Crippen LogP contribution is -2.13. The predicted octanol–water partition coefficient (Wildman–Crippen LogP) is 1.56. The van der Waals surface area contributed by atoms with Gasteiger partial charge in [-0.2, -0.15) is 0 Å². The summed E-state index contributed by atoms with van der Waals surface area (Å²) in [5, 5.41) is 0. The second-order valence-electron chi connectivity index (χ2n) is 2.60. The van der Waals surface area contributed by atoms with Crippen LogP contribution in [0, 0.1) is 6.92 Å². The van der Waals surface area contributed by atoms with Crippen molar-refractivity contribution in [2.75, 3.05) is 0 Å². The first-order valence-corrected chi connectivity index (χ1v) is 3.61. The first kappa shape index (κ1) is 8.71. The molecule has 0 saturated heterocycles. The van der Waals surface area contributed by atoms with Crippen LogP contribution in [0.25, 0.3) is 0 Å². The lowest BCUT2D eigenvalue weighted by atomic mass is 10.0. The summed E-state index contributed by atoms with van der Waals surface area (Å²) in [5.74, 6) is -0.577. The van der Waals surface area contributed by atoms with Crippen LogP contribution in [-0.4, -0.2) is 5.91 Å². The number of benzene rings is 1. The molecular weight excluding hydrogens is 157 g/mol. The van der Waals surface area contributed by atoms with Crippen molar-refractivity contribution in [2.45, 2.75) is 13.6 Å². The first-order valence-electron chi connectivity index (χ1n) is 3.61. The Morgan fingerprint density at radius 3 is 2.67 bits per heavy atom. The van der Waals surface area contributed by atoms with E-state index in [1.807, 2.05) is 0 Å². The summed E-state index contributed by atoms with van der Waals surface area (Å²) in [6.45, 7) is 1.10. The maximum Gasteiger partial charge on any atom is 0.249 e. The second kappa shape index (κ2) is 3.34. The molecule has 0 fully saturated rings. The Hall–Kier alpha value is -1.38. The molecule has 1 rings (SSSR count). The van der Waals surface area contributed by atoms with E-state index < -0.39 is 12.6 Å². The van der Waals surface area contributed by atoms with Gasteiger partial charge in [-0.15, -0.1) is 0 Å². The molecule has 0 spiro atoms. The number of halogens is 1. The summed E-state index contributed by atoms with van der Waals surface area (Å²) in [6.07, 6.45) is 0. The van der Waals surface area contributed by atoms with Crippen molar-refractivity contribution in [3.05, 3.63) is 34.9 Å². The van der Waals surface area contributed by atoms with Gasteiger partial charge in [0.2, 0.25) is 5.91 Å². The molecule has 2 N–H and O–H groups in total. The fourth-order valence-corrected chi connectivity index (χ4v) is 1.11. The van der Waals surface area contributed by atoms with Crippen molar-refractivity contribution < 1.29 is 9.18 Å². The molecule has 12 heavy (non-hydrogen) atoms. The van der Waals surface area contributed by atoms with E-state index in [1.165, 1.54) is 6.07 Å². The SMILES string of the molecule is Cc1cccc(C(N)=O)c1CF. The zero-order valence-corrected chi connectivity index (χ0v) is 6.80. The molecule has 0 atom stereocenters. The summed E-state index contributed by atoms with van der Waals surface area (Å²) >= 11 is 0. The minimum absolute atomic E-state index is 0.275. The van der Waals surface area contributed by atoms with Crippen molar-refractivity contribution >= 4 is 5.91 Å². The smallest absolute Gasteiger partial charge is 0.249 e. The number of carbonyl (C=O) groups excluding carboxylic acids is 1. The van der Waals surface area contributed by atoms with Crippen molar-refractivity contribution in [1.82, 2.24) is 0 Å². The van der Waals surface area contributed by atoms with Crippen LogP contribution in [-0.2, 0) is 6.67 Å². The van der Waals surface area contributed by atoms with Gasteiger partial charge in [-0.05, 0) is 24.1 Å². The molecule has 0 aromatic heterocycles. The number of primary amides is 1. The van der Waals surface area contributed by atoms with E-state index in [9.17, 15) is 9.18 Å². The average molecular weight is 167 g/mol. The standard InChI is InChI=1S/C9H10FNO/c1-6-3-2-4-7(9(11)12)8(6)5-10/h2-4H,5H2,1H3,(H2,11,12). The van der Waals surface area contributed by atoms with Crippen molar-refractivity contribution in [1.29, 1.82) is 0 Å². The van der Waals surface area contributed by atoms with Crippen LogP contribution in [0.3, 0.4) is 0 Å². The summed E-state index contributed by atoms with van der Waals surface area (Å²) in [7, 11) is 0. The molecule has 3 heteroatoms. The van der Waals surface area contributed by atoms with E-state index in [1.54, 1.807) is 19.1 Å². The van der Waals surface area contributed by atoms with Crippen molar-refractivity contribution in [3.63, 3.8) is 0 Å². The number of carbonyl (C=O) groups is 1. The molecule has 1 aromatic rings. The molecule has 0 aliphatic rings. The van der Waals surface area contributed by atoms with Gasteiger partial charge in [-0.3, -0.25) is 4.79 Å². The van der Waals surface area contributed by atoms with Gasteiger partial charge in [0, 0.05) is 5.56 Å². The van der Waals surface area contributed by atoms with E-state index in [-0.39, 0.29) is 5.56 Å². The van der Waals surface area contributed by atoms with Gasteiger partial charge in [0.1, 0.15) is 6.67 Å². The number of nitrogens with two attached hydrogens (primary N) is 1. The van der Waals surface area contributed by atoms with Crippen LogP contribution in [0.15, 0.2) is 18.2 Å². The zero-order valence-electron chi connectivity index (χ0n) is 6.80. The Morgan fingerprint density at radius 1 is 1.58 bits per heavy atom. The molecule has 0 heterocycles. The van der Waals surface area contributed by atoms with Crippen LogP contribution < -0.4 is 5.73 Å². The van der Waals surface area contributed by atoms with Crippen molar-refractivity contribution in [3.8, 4) is 0 Å². The van der Waals surface area contributed by atoms with E-state index in [4.69, 9.17) is 5.73 Å². The van der Waals surface area contributed by atoms with Crippen LogP contribution in [0.5, 0.6) is 0 Å². The molecule has 0 aliphatic heterocycles. The van der Waals surface area contributed by atoms with E-state index in [0.717, 1.165) is 5.56 Å². The van der Waals surface area contributed by atoms with E-state index in [2.05, 4.69) is 0 Å². The Bertz CT molecular complexity index is 309. The topological polar surface area (TPSA) is 43.1 Å². The van der Waals surface area contributed by atoms with Crippen LogP contribution >= 0.6 is 0 Å². The van der Waals surface area contributed by atoms with E-state index >= 15 is 0 Å². The lowest BCUT2D eigenvalue weighted by Gasteiger charge is -2.05. The molecule has 0 saturated carbocycles. The lowest BCUT2D eigenvalue weighted by molar-refractivity contribution is 0.0998. The Morgan fingerprint density at radius 2 is 2.25 bits per heavy atom. The first-order chi connectivity index (χ1) is 5.66. The van der Waals surface area contributed by atoms with Crippen molar-refractivity contribution in [2.24, 2.45) is 5.73 Å². The van der Waals surface area contributed by atoms with Crippen LogP contribution in [0.4, 0.5) is 4.39 Å². The van der Waals surface area contributed by atoms with Crippen LogP contribution in [0.2, 0.25) is 0 Å². The van der Waals surface area contributed by atoms with Gasteiger partial charge < -0.3 is 5.73 Å². The quantitative estimate of drug-likeness (QED) is 0.713. The highest BCUT2D eigenvalue weighted by atomic mass is 19.1. The third-order valence-corrected chi connectivity index (χ3v) is 1.81. The minimum atomic E-state index is -0.648. The summed E-state index contributed by atoms with van der Waals surface area (Å²) < 4.78 is 12.4. The molecule has 64 valence electrons. The highest BCUT2D eigenvalue weighted by Crippen LogP contribution is 2.14. The maximum atomic E-state index is 12.4. The van der Waals surface area contributed by atoms with Gasteiger partial charge in [0.05, 0.1) is 0 Å². The molecule has 0 aliphatic carbocycles. The molecule has 0 bridgehead atoms. The van der Waals surface area contributed by atoms with Gasteiger partial charge in [0.15, 0.2) is 0 Å². The fourth-order valence-electron chi connectivity index (χ4n) is 1.11. The van der Waals surface area contributed by atoms with Crippen LogP contribution in [0.1, 0.15) is 21.5 Å². The number of hydrogen-bond acceptors (Lipinski definition) is 1. The molecule has 0 unspecified atom stereocenters. The Balaban J connectivity index is 3.27. The Labute approximate surface area is 70.2 Å². The number of amides is 1. The molecular formula is C9H10FNO. The maximum absolute atomic E-state index is 12.4. The van der Waals surface area contributed by atoms with Gasteiger partial charge in [0.25, 0.3) is 0 Å². The molecule has 1 amide bonds. The normalized spacial score (nSPS) is 9.83. The largest absolute Gasteiger partial charge is 0.366 e. The summed E-state index contributed by atoms with van der Waals surface area (Å²) in [4.78, 5) is 10.8. The number of alkyl halides is 1. The minimum Gasteiger partial charge on any atom is -0.366 e. The van der Waals surface area contributed by atoms with Gasteiger partial charge >= 0.3 is 0 Å². The molecule has 0 radical (unpaired) electrons. The number of aryl methyl sites for hydroxylation is 1.